The third-order valence-electron chi connectivity index (χ3n) is 1.24. The zero-order valence-electron chi connectivity index (χ0n) is 14.5. The van der Waals surface area contributed by atoms with Gasteiger partial charge in [0.1, 0.15) is 0 Å². The van der Waals surface area contributed by atoms with E-state index in [9.17, 15) is 4.79 Å². The Hall–Kier alpha value is -1.01. The molecule has 0 bridgehead atoms. The predicted octanol–water partition coefficient (Wildman–Crippen LogP) is 1.45. The molecule has 0 aromatic carbocycles. The molecule has 10 nitrogen and oxygen atoms in total. The maximum absolute atomic E-state index is 10.8. The first-order valence-corrected chi connectivity index (χ1v) is 6.90. The van der Waals surface area contributed by atoms with Crippen molar-refractivity contribution in [3.63, 3.8) is 0 Å². The van der Waals surface area contributed by atoms with Gasteiger partial charge in [-0.2, -0.15) is 14.6 Å². The Labute approximate surface area is 135 Å². The number of ether oxygens (including phenoxy) is 1. The Bertz CT molecular complexity index is 255. The topological polar surface area (TPSA) is 122 Å². The van der Waals surface area contributed by atoms with Gasteiger partial charge < -0.3 is 14.9 Å². The Morgan fingerprint density at radius 3 is 1.39 bits per heavy atom. The molecule has 0 saturated carbocycles. The van der Waals surface area contributed by atoms with Crippen molar-refractivity contribution in [1.82, 2.24) is 0 Å². The smallest absolute Gasteiger partial charge is 0.394 e. The van der Waals surface area contributed by atoms with E-state index in [0.29, 0.717) is 13.2 Å². The number of hydrogen-bond donors (Lipinski definition) is 2. The lowest BCUT2D eigenvalue weighted by Crippen LogP contribution is -2.23. The van der Waals surface area contributed by atoms with Crippen molar-refractivity contribution < 1.29 is 49.4 Å². The highest BCUT2D eigenvalue weighted by molar-refractivity contribution is 5.57. The van der Waals surface area contributed by atoms with Crippen LogP contribution in [-0.4, -0.2) is 54.0 Å². The second-order valence-corrected chi connectivity index (χ2v) is 6.00. The largest absolute Gasteiger partial charge is 0.577 e. The van der Waals surface area contributed by atoms with Gasteiger partial charge in [0.15, 0.2) is 0 Å². The molecule has 0 saturated heterocycles. The van der Waals surface area contributed by atoms with Gasteiger partial charge in [0, 0.05) is 0 Å². The van der Waals surface area contributed by atoms with Crippen LogP contribution in [0.25, 0.3) is 0 Å². The van der Waals surface area contributed by atoms with Crippen LogP contribution < -0.4 is 0 Å². The minimum absolute atomic E-state index is 0.0278. The third kappa shape index (κ3) is 26.2. The summed E-state index contributed by atoms with van der Waals surface area (Å²) in [5, 5.41) is 24.4. The normalized spacial score (nSPS) is 11.5. The van der Waals surface area contributed by atoms with Gasteiger partial charge in [0.05, 0.1) is 37.6 Å². The van der Waals surface area contributed by atoms with Crippen molar-refractivity contribution in [2.45, 2.75) is 52.7 Å². The van der Waals surface area contributed by atoms with Crippen LogP contribution in [0, 0.1) is 0 Å². The highest BCUT2D eigenvalue weighted by atomic mass is 17.6. The van der Waals surface area contributed by atoms with E-state index in [1.807, 2.05) is 0 Å². The second-order valence-electron chi connectivity index (χ2n) is 6.00. The van der Waals surface area contributed by atoms with Gasteiger partial charge in [0.2, 0.25) is 0 Å². The van der Waals surface area contributed by atoms with E-state index in [1.165, 1.54) is 0 Å². The summed E-state index contributed by atoms with van der Waals surface area (Å²) in [7, 11) is 0. The van der Waals surface area contributed by atoms with Gasteiger partial charge in [-0.15, -0.1) is 0 Å². The maximum atomic E-state index is 10.8. The number of carbonyl (C=O) groups is 1. The van der Waals surface area contributed by atoms with Gasteiger partial charge in [-0.1, -0.05) is 0 Å². The standard InChI is InChI=1S/C9H18O7.C4H10O3/c1-8(2,3)13-15-11-7(10)12-16-14-9(4,5)6;5-1-3-7-4-2-6/h1-6H3;5-6H,1-4H2. The molecule has 0 aliphatic carbocycles. The summed E-state index contributed by atoms with van der Waals surface area (Å²) in [6.45, 7) is 11.0. The molecule has 0 aliphatic heterocycles. The zero-order valence-corrected chi connectivity index (χ0v) is 14.5. The van der Waals surface area contributed by atoms with E-state index in [4.69, 9.17) is 10.2 Å². The van der Waals surface area contributed by atoms with Gasteiger partial charge >= 0.3 is 6.16 Å². The predicted molar refractivity (Wildman–Crippen MR) is 76.4 cm³/mol. The first-order valence-electron chi connectivity index (χ1n) is 6.90. The summed E-state index contributed by atoms with van der Waals surface area (Å²) in [6, 6.07) is 0. The number of carbonyl (C=O) groups excluding carboxylic acids is 1. The van der Waals surface area contributed by atoms with Crippen molar-refractivity contribution in [3.05, 3.63) is 0 Å². The number of rotatable bonds is 8. The average Bonchev–Trinajstić information content (AvgIpc) is 2.37. The molecule has 0 unspecified atom stereocenters. The van der Waals surface area contributed by atoms with E-state index in [1.54, 1.807) is 41.5 Å². The van der Waals surface area contributed by atoms with Crippen molar-refractivity contribution >= 4 is 6.16 Å². The Balaban J connectivity index is 0. The zero-order chi connectivity index (χ0) is 18.4. The molecule has 2 N–H and O–H groups in total. The van der Waals surface area contributed by atoms with Crippen LogP contribution in [0.3, 0.4) is 0 Å². The van der Waals surface area contributed by atoms with Crippen molar-refractivity contribution in [1.29, 1.82) is 0 Å². The van der Waals surface area contributed by atoms with Crippen molar-refractivity contribution in [2.75, 3.05) is 26.4 Å². The first kappa shape index (κ1) is 24.2. The van der Waals surface area contributed by atoms with Crippen LogP contribution >= 0.6 is 0 Å². The van der Waals surface area contributed by atoms with Gasteiger partial charge in [0.25, 0.3) is 0 Å². The first-order chi connectivity index (χ1) is 10.5. The summed E-state index contributed by atoms with van der Waals surface area (Å²) in [5.74, 6) is 0. The summed E-state index contributed by atoms with van der Waals surface area (Å²) in [4.78, 5) is 28.1. The molecule has 0 heterocycles. The summed E-state index contributed by atoms with van der Waals surface area (Å²) in [5.41, 5.74) is -1.22. The summed E-state index contributed by atoms with van der Waals surface area (Å²) in [6.07, 6.45) is -1.24. The van der Waals surface area contributed by atoms with Crippen LogP contribution in [-0.2, 0) is 34.4 Å². The molecule has 0 fully saturated rings. The lowest BCUT2D eigenvalue weighted by molar-refractivity contribution is -0.552. The number of aliphatic hydroxyl groups is 2. The molecular formula is C13H28O10. The third-order valence-corrected chi connectivity index (χ3v) is 1.24. The number of aliphatic hydroxyl groups excluding tert-OH is 2. The highest BCUT2D eigenvalue weighted by Crippen LogP contribution is 2.09. The minimum Gasteiger partial charge on any atom is -0.394 e. The molecule has 0 amide bonds. The maximum Gasteiger partial charge on any atom is 0.577 e. The molecule has 0 aliphatic rings. The summed E-state index contributed by atoms with van der Waals surface area (Å²) >= 11 is 0. The van der Waals surface area contributed by atoms with E-state index >= 15 is 0 Å². The fourth-order valence-corrected chi connectivity index (χ4v) is 0.539. The molecule has 0 radical (unpaired) electrons. The molecule has 140 valence electrons. The average molecular weight is 344 g/mol. The van der Waals surface area contributed by atoms with Crippen LogP contribution in [0.15, 0.2) is 0 Å². The van der Waals surface area contributed by atoms with E-state index < -0.39 is 17.4 Å². The molecule has 23 heavy (non-hydrogen) atoms. The molecule has 0 rings (SSSR count). The molecule has 0 spiro atoms. The quantitative estimate of drug-likeness (QED) is 0.380. The monoisotopic (exact) mass is 344 g/mol. The summed E-state index contributed by atoms with van der Waals surface area (Å²) < 4.78 is 4.63. The molecule has 0 aromatic rings. The van der Waals surface area contributed by atoms with Gasteiger partial charge in [-0.25, -0.2) is 9.78 Å². The van der Waals surface area contributed by atoms with E-state index in [2.05, 4.69) is 34.4 Å². The van der Waals surface area contributed by atoms with E-state index in [-0.39, 0.29) is 13.2 Å². The van der Waals surface area contributed by atoms with Crippen LogP contribution in [0.2, 0.25) is 0 Å². The molecule has 0 aromatic heterocycles. The second kappa shape index (κ2) is 13.4. The van der Waals surface area contributed by atoms with Crippen LogP contribution in [0.5, 0.6) is 0 Å². The highest BCUT2D eigenvalue weighted by Gasteiger charge is 2.17. The van der Waals surface area contributed by atoms with Crippen LogP contribution in [0.4, 0.5) is 4.79 Å². The van der Waals surface area contributed by atoms with Crippen molar-refractivity contribution in [2.24, 2.45) is 0 Å². The Morgan fingerprint density at radius 2 is 1.13 bits per heavy atom. The molecule has 10 heteroatoms. The number of hydrogen-bond acceptors (Lipinski definition) is 10. The lowest BCUT2D eigenvalue weighted by atomic mass is 10.2. The fraction of sp³-hybridized carbons (Fsp3) is 0.923. The SMILES string of the molecule is CC(C)(C)OOOC(=O)OOOC(C)(C)C.OCCOCCO. The van der Waals surface area contributed by atoms with Crippen LogP contribution in [0.1, 0.15) is 41.5 Å². The van der Waals surface area contributed by atoms with E-state index in [0.717, 1.165) is 0 Å². The van der Waals surface area contributed by atoms with Gasteiger partial charge in [-0.3, -0.25) is 0 Å². The molecular weight excluding hydrogens is 316 g/mol. The lowest BCUT2D eigenvalue weighted by Gasteiger charge is -2.16. The Morgan fingerprint density at radius 1 is 0.783 bits per heavy atom. The van der Waals surface area contributed by atoms with Crippen molar-refractivity contribution in [3.8, 4) is 0 Å². The van der Waals surface area contributed by atoms with Gasteiger partial charge in [-0.05, 0) is 51.6 Å². The molecule has 0 atom stereocenters. The Kier molecular flexibility index (Phi) is 14.2. The minimum atomic E-state index is -1.24. The fourth-order valence-electron chi connectivity index (χ4n) is 0.539.